The van der Waals surface area contributed by atoms with E-state index in [1.54, 1.807) is 18.2 Å². The second-order valence-corrected chi connectivity index (χ2v) is 5.28. The zero-order chi connectivity index (χ0) is 14.0. The number of benzene rings is 1. The van der Waals surface area contributed by atoms with Gasteiger partial charge in [0.1, 0.15) is 0 Å². The average molecular weight is 301 g/mol. The van der Waals surface area contributed by atoms with Crippen molar-refractivity contribution >= 4 is 40.7 Å². The number of carbonyl (C=O) groups excluding carboxylic acids is 2. The van der Waals surface area contributed by atoms with Crippen LogP contribution in [-0.2, 0) is 9.59 Å². The summed E-state index contributed by atoms with van der Waals surface area (Å²) in [5.41, 5.74) is 0.424. The number of nitrogens with zero attached hydrogens (tertiary/aromatic N) is 1. The highest BCUT2D eigenvalue weighted by molar-refractivity contribution is 6.35. The van der Waals surface area contributed by atoms with Crippen LogP contribution in [0.2, 0.25) is 10.0 Å². The first-order valence-corrected chi connectivity index (χ1v) is 6.84. The molecule has 1 heterocycles. The van der Waals surface area contributed by atoms with Crippen LogP contribution in [0.5, 0.6) is 0 Å². The van der Waals surface area contributed by atoms with Gasteiger partial charge < -0.3 is 5.32 Å². The van der Waals surface area contributed by atoms with Crippen molar-refractivity contribution in [3.8, 4) is 0 Å². The Bertz CT molecular complexity index is 499. The number of hydrogen-bond donors (Lipinski definition) is 1. The summed E-state index contributed by atoms with van der Waals surface area (Å²) in [6, 6.07) is 4.23. The largest absolute Gasteiger partial charge is 0.305 e. The van der Waals surface area contributed by atoms with Crippen LogP contribution < -0.4 is 10.2 Å². The Hall–Kier alpha value is -1.10. The van der Waals surface area contributed by atoms with Crippen molar-refractivity contribution in [2.75, 3.05) is 11.4 Å². The van der Waals surface area contributed by atoms with Gasteiger partial charge >= 0.3 is 0 Å². The summed E-state index contributed by atoms with van der Waals surface area (Å²) in [6.07, 6.45) is 1.07. The number of rotatable bonds is 4. The first kappa shape index (κ1) is 14.3. The molecule has 1 aromatic rings. The van der Waals surface area contributed by atoms with E-state index in [4.69, 9.17) is 23.2 Å². The predicted molar refractivity (Wildman–Crippen MR) is 75.7 cm³/mol. The summed E-state index contributed by atoms with van der Waals surface area (Å²) in [6.45, 7) is 2.70. The van der Waals surface area contributed by atoms with Crippen LogP contribution >= 0.6 is 23.2 Å². The van der Waals surface area contributed by atoms with Crippen LogP contribution in [0.15, 0.2) is 18.2 Å². The van der Waals surface area contributed by atoms with E-state index in [1.165, 1.54) is 0 Å². The fourth-order valence-electron chi connectivity index (χ4n) is 2.05. The van der Waals surface area contributed by atoms with Gasteiger partial charge in [0, 0.05) is 10.0 Å². The van der Waals surface area contributed by atoms with Crippen molar-refractivity contribution in [1.29, 1.82) is 0 Å². The zero-order valence-corrected chi connectivity index (χ0v) is 12.0. The highest BCUT2D eigenvalue weighted by atomic mass is 35.5. The van der Waals surface area contributed by atoms with Gasteiger partial charge in [-0.3, -0.25) is 9.59 Å². The van der Waals surface area contributed by atoms with Crippen molar-refractivity contribution in [2.45, 2.75) is 25.8 Å². The molecule has 0 aromatic heterocycles. The van der Waals surface area contributed by atoms with Gasteiger partial charge in [-0.2, -0.15) is 0 Å². The van der Waals surface area contributed by atoms with E-state index in [0.717, 1.165) is 11.3 Å². The van der Waals surface area contributed by atoms with Gasteiger partial charge in [0.15, 0.2) is 0 Å². The topological polar surface area (TPSA) is 49.4 Å². The van der Waals surface area contributed by atoms with Gasteiger partial charge in [0.05, 0.1) is 18.2 Å². The first-order chi connectivity index (χ1) is 9.02. The maximum atomic E-state index is 12.2. The van der Waals surface area contributed by atoms with Crippen LogP contribution in [0.4, 0.5) is 5.69 Å². The molecule has 0 saturated carbocycles. The molecular weight excluding hydrogens is 287 g/mol. The summed E-state index contributed by atoms with van der Waals surface area (Å²) in [7, 11) is 0. The van der Waals surface area contributed by atoms with Crippen LogP contribution in [0, 0.1) is 0 Å². The van der Waals surface area contributed by atoms with Crippen molar-refractivity contribution in [3.05, 3.63) is 28.2 Å². The maximum Gasteiger partial charge on any atom is 0.251 e. The van der Waals surface area contributed by atoms with Crippen molar-refractivity contribution in [2.24, 2.45) is 0 Å². The molecule has 2 amide bonds. The number of anilines is 1. The van der Waals surface area contributed by atoms with Crippen molar-refractivity contribution in [3.63, 3.8) is 0 Å². The standard InChI is InChI=1S/C13H14Cl2N2O2/c1-2-3-16-11-7-12(18)17(13(11)19)10-5-8(14)4-9(15)6-10/h4-6,11,16H,2-3,7H2,1H3/t11-/m0/s1. The van der Waals surface area contributed by atoms with E-state index in [0.29, 0.717) is 22.3 Å². The normalized spacial score (nSPS) is 19.3. The third-order valence-electron chi connectivity index (χ3n) is 2.89. The van der Waals surface area contributed by atoms with E-state index in [1.807, 2.05) is 6.92 Å². The molecule has 1 aliphatic rings. The first-order valence-electron chi connectivity index (χ1n) is 6.09. The van der Waals surface area contributed by atoms with Gasteiger partial charge in [-0.15, -0.1) is 0 Å². The number of hydrogen-bond acceptors (Lipinski definition) is 3. The molecule has 2 rings (SSSR count). The van der Waals surface area contributed by atoms with Crippen molar-refractivity contribution < 1.29 is 9.59 Å². The third kappa shape index (κ3) is 3.08. The Morgan fingerprint density at radius 1 is 1.26 bits per heavy atom. The summed E-state index contributed by atoms with van der Waals surface area (Å²) in [4.78, 5) is 25.3. The second kappa shape index (κ2) is 5.90. The molecule has 0 aliphatic carbocycles. The molecule has 1 atom stereocenters. The summed E-state index contributed by atoms with van der Waals surface area (Å²) in [5.74, 6) is -0.492. The SMILES string of the molecule is CCCN[C@H]1CC(=O)N(c2cc(Cl)cc(Cl)c2)C1=O. The lowest BCUT2D eigenvalue weighted by atomic mass is 10.2. The molecule has 0 bridgehead atoms. The Labute approximate surface area is 121 Å². The fraction of sp³-hybridized carbons (Fsp3) is 0.385. The lowest BCUT2D eigenvalue weighted by molar-refractivity contribution is -0.121. The molecule has 1 saturated heterocycles. The quantitative estimate of drug-likeness (QED) is 0.870. The smallest absolute Gasteiger partial charge is 0.251 e. The van der Waals surface area contributed by atoms with Gasteiger partial charge in [-0.1, -0.05) is 30.1 Å². The van der Waals surface area contributed by atoms with E-state index in [-0.39, 0.29) is 18.2 Å². The van der Waals surface area contributed by atoms with Crippen LogP contribution in [0.25, 0.3) is 0 Å². The van der Waals surface area contributed by atoms with Gasteiger partial charge in [-0.25, -0.2) is 4.90 Å². The van der Waals surface area contributed by atoms with Gasteiger partial charge in [-0.05, 0) is 31.2 Å². The lowest BCUT2D eigenvalue weighted by Crippen LogP contribution is -2.39. The highest BCUT2D eigenvalue weighted by Crippen LogP contribution is 2.29. The van der Waals surface area contributed by atoms with Crippen LogP contribution in [0.3, 0.4) is 0 Å². The Balaban J connectivity index is 2.24. The molecule has 102 valence electrons. The molecule has 0 unspecified atom stereocenters. The van der Waals surface area contributed by atoms with Gasteiger partial charge in [0.25, 0.3) is 5.91 Å². The minimum absolute atomic E-state index is 0.170. The minimum Gasteiger partial charge on any atom is -0.305 e. The predicted octanol–water partition coefficient (Wildman–Crippen LogP) is 2.62. The van der Waals surface area contributed by atoms with Crippen LogP contribution in [0.1, 0.15) is 19.8 Å². The molecule has 6 heteroatoms. The average Bonchev–Trinajstić information content (AvgIpc) is 2.60. The number of amides is 2. The summed E-state index contributed by atoms with van der Waals surface area (Å²) in [5, 5.41) is 3.86. The van der Waals surface area contributed by atoms with Gasteiger partial charge in [0.2, 0.25) is 5.91 Å². The molecule has 1 aromatic carbocycles. The molecule has 1 N–H and O–H groups in total. The lowest BCUT2D eigenvalue weighted by Gasteiger charge is -2.16. The van der Waals surface area contributed by atoms with Crippen molar-refractivity contribution in [1.82, 2.24) is 5.32 Å². The third-order valence-corrected chi connectivity index (χ3v) is 3.33. The molecule has 0 radical (unpaired) electrons. The monoisotopic (exact) mass is 300 g/mol. The minimum atomic E-state index is -0.454. The highest BCUT2D eigenvalue weighted by Gasteiger charge is 2.39. The number of imide groups is 1. The number of halogens is 2. The van der Waals surface area contributed by atoms with E-state index in [2.05, 4.69) is 5.32 Å². The molecule has 0 spiro atoms. The summed E-state index contributed by atoms with van der Waals surface area (Å²) < 4.78 is 0. The Morgan fingerprint density at radius 2 is 1.89 bits per heavy atom. The second-order valence-electron chi connectivity index (χ2n) is 4.41. The number of nitrogens with one attached hydrogen (secondary N) is 1. The molecule has 19 heavy (non-hydrogen) atoms. The molecule has 1 aliphatic heterocycles. The molecular formula is C13H14Cl2N2O2. The fourth-order valence-corrected chi connectivity index (χ4v) is 2.56. The van der Waals surface area contributed by atoms with E-state index >= 15 is 0 Å². The molecule has 4 nitrogen and oxygen atoms in total. The Kier molecular flexibility index (Phi) is 4.45. The van der Waals surface area contributed by atoms with E-state index in [9.17, 15) is 9.59 Å². The maximum absolute atomic E-state index is 12.2. The number of carbonyl (C=O) groups is 2. The zero-order valence-electron chi connectivity index (χ0n) is 10.5. The van der Waals surface area contributed by atoms with E-state index < -0.39 is 6.04 Å². The Morgan fingerprint density at radius 3 is 2.47 bits per heavy atom. The van der Waals surface area contributed by atoms with Crippen LogP contribution in [-0.4, -0.2) is 24.4 Å². The summed E-state index contributed by atoms with van der Waals surface area (Å²) >= 11 is 11.8. The molecule has 1 fully saturated rings.